The molecule has 2 N–H and O–H groups in total. The van der Waals surface area contributed by atoms with E-state index in [-0.39, 0.29) is 16.9 Å². The van der Waals surface area contributed by atoms with Crippen LogP contribution in [0.2, 0.25) is 0 Å². The molecule has 6 nitrogen and oxygen atoms in total. The van der Waals surface area contributed by atoms with Crippen LogP contribution in [0.25, 0.3) is 0 Å². The van der Waals surface area contributed by atoms with Gasteiger partial charge in [0.25, 0.3) is 11.8 Å². The maximum Gasteiger partial charge on any atom is 0.258 e. The average Bonchev–Trinajstić information content (AvgIpc) is 2.91. The Morgan fingerprint density at radius 3 is 2.14 bits per heavy atom. The Labute approximate surface area is 218 Å². The first-order valence-corrected chi connectivity index (χ1v) is 12.7. The number of nitrogens with one attached hydrogen (secondary N) is 2. The van der Waals surface area contributed by atoms with Crippen molar-refractivity contribution in [2.45, 2.75) is 39.0 Å². The van der Waals surface area contributed by atoms with E-state index in [9.17, 15) is 9.59 Å². The predicted octanol–water partition coefficient (Wildman–Crippen LogP) is 6.44. The summed E-state index contributed by atoms with van der Waals surface area (Å²) in [5.41, 5.74) is 2.52. The highest BCUT2D eigenvalue weighted by Gasteiger charge is 2.13. The summed E-state index contributed by atoms with van der Waals surface area (Å²) in [5.74, 6) is 0.317. The molecule has 0 fully saturated rings. The van der Waals surface area contributed by atoms with Gasteiger partial charge in [-0.15, -0.1) is 0 Å². The fourth-order valence-corrected chi connectivity index (χ4v) is 3.80. The van der Waals surface area contributed by atoms with Gasteiger partial charge in [0.15, 0.2) is 5.11 Å². The molecule has 188 valence electrons. The summed E-state index contributed by atoms with van der Waals surface area (Å²) in [6.07, 6.45) is 5.92. The lowest BCUT2D eigenvalue weighted by atomic mass is 10.1. The molecular formula is C29H33N3O3S. The van der Waals surface area contributed by atoms with Crippen molar-refractivity contribution in [1.29, 1.82) is 0 Å². The van der Waals surface area contributed by atoms with Crippen molar-refractivity contribution < 1.29 is 14.3 Å². The third kappa shape index (κ3) is 8.20. The number of para-hydroxylation sites is 1. The SMILES string of the molecule is CCCCCCCOc1ccc(C(=O)NC(=S)Nc2ccc(C(=O)N(C)c3ccccc3)cc2)cc1. The zero-order chi connectivity index (χ0) is 25.8. The third-order valence-corrected chi connectivity index (χ3v) is 5.90. The van der Waals surface area contributed by atoms with Gasteiger partial charge < -0.3 is 15.0 Å². The monoisotopic (exact) mass is 503 g/mol. The summed E-state index contributed by atoms with van der Waals surface area (Å²) in [6.45, 7) is 2.88. The molecule has 3 aromatic carbocycles. The van der Waals surface area contributed by atoms with E-state index >= 15 is 0 Å². The van der Waals surface area contributed by atoms with E-state index in [0.29, 0.717) is 23.4 Å². The third-order valence-electron chi connectivity index (χ3n) is 5.70. The van der Waals surface area contributed by atoms with Gasteiger partial charge in [-0.2, -0.15) is 0 Å². The number of hydrogen-bond donors (Lipinski definition) is 2. The number of ether oxygens (including phenoxy) is 1. The number of nitrogens with zero attached hydrogens (tertiary/aromatic N) is 1. The second kappa shape index (κ2) is 14.0. The summed E-state index contributed by atoms with van der Waals surface area (Å²) in [4.78, 5) is 26.9. The normalized spacial score (nSPS) is 10.4. The number of unbranched alkanes of at least 4 members (excludes halogenated alkanes) is 4. The van der Waals surface area contributed by atoms with Crippen molar-refractivity contribution in [2.24, 2.45) is 0 Å². The van der Waals surface area contributed by atoms with E-state index in [1.165, 1.54) is 25.7 Å². The first-order chi connectivity index (χ1) is 17.5. The van der Waals surface area contributed by atoms with E-state index in [0.717, 1.165) is 17.9 Å². The molecule has 36 heavy (non-hydrogen) atoms. The number of thiocarbonyl (C=S) groups is 1. The van der Waals surface area contributed by atoms with Crippen LogP contribution in [0, 0.1) is 0 Å². The average molecular weight is 504 g/mol. The number of benzene rings is 3. The lowest BCUT2D eigenvalue weighted by molar-refractivity contribution is 0.0974. The first kappa shape index (κ1) is 26.9. The lowest BCUT2D eigenvalue weighted by Crippen LogP contribution is -2.34. The number of carbonyl (C=O) groups excluding carboxylic acids is 2. The van der Waals surface area contributed by atoms with Gasteiger partial charge in [0, 0.05) is 29.5 Å². The van der Waals surface area contributed by atoms with Crippen molar-refractivity contribution >= 4 is 40.5 Å². The molecule has 0 saturated heterocycles. The van der Waals surface area contributed by atoms with Crippen LogP contribution in [-0.4, -0.2) is 30.6 Å². The molecule has 0 spiro atoms. The van der Waals surface area contributed by atoms with Crippen LogP contribution in [-0.2, 0) is 0 Å². The molecule has 0 aliphatic rings. The largest absolute Gasteiger partial charge is 0.494 e. The Balaban J connectivity index is 1.46. The molecule has 0 aromatic heterocycles. The highest BCUT2D eigenvalue weighted by atomic mass is 32.1. The molecule has 0 heterocycles. The molecule has 3 aromatic rings. The smallest absolute Gasteiger partial charge is 0.258 e. The minimum Gasteiger partial charge on any atom is -0.494 e. The zero-order valence-corrected chi connectivity index (χ0v) is 21.6. The van der Waals surface area contributed by atoms with Crippen LogP contribution in [0.15, 0.2) is 78.9 Å². The topological polar surface area (TPSA) is 70.7 Å². The molecule has 0 aliphatic carbocycles. The summed E-state index contributed by atoms with van der Waals surface area (Å²) >= 11 is 5.29. The maximum atomic E-state index is 12.7. The van der Waals surface area contributed by atoms with Gasteiger partial charge in [-0.25, -0.2) is 0 Å². The number of hydrogen-bond acceptors (Lipinski definition) is 4. The molecule has 0 saturated carbocycles. The Kier molecular flexibility index (Phi) is 10.5. The quantitative estimate of drug-likeness (QED) is 0.233. The van der Waals surface area contributed by atoms with E-state index in [1.807, 2.05) is 30.3 Å². The Morgan fingerprint density at radius 1 is 0.833 bits per heavy atom. The lowest BCUT2D eigenvalue weighted by Gasteiger charge is -2.17. The predicted molar refractivity (Wildman–Crippen MR) is 150 cm³/mol. The molecule has 0 unspecified atom stereocenters. The molecule has 0 aliphatic heterocycles. The van der Waals surface area contributed by atoms with Gasteiger partial charge in [-0.1, -0.05) is 50.8 Å². The minimum atomic E-state index is -0.310. The van der Waals surface area contributed by atoms with E-state index < -0.39 is 0 Å². The zero-order valence-electron chi connectivity index (χ0n) is 20.8. The van der Waals surface area contributed by atoms with Crippen LogP contribution in [0.1, 0.15) is 59.7 Å². The van der Waals surface area contributed by atoms with Gasteiger partial charge >= 0.3 is 0 Å². The summed E-state index contributed by atoms with van der Waals surface area (Å²) in [5, 5.41) is 5.83. The Hall–Kier alpha value is -3.71. The molecule has 0 radical (unpaired) electrons. The molecular weight excluding hydrogens is 470 g/mol. The van der Waals surface area contributed by atoms with Crippen molar-refractivity contribution in [2.75, 3.05) is 23.9 Å². The standard InChI is InChI=1S/C29H33N3O3S/c1-3-4-5-6-10-21-35-26-19-15-22(16-20-26)27(33)31-29(36)30-24-17-13-23(14-18-24)28(34)32(2)25-11-8-7-9-12-25/h7-9,11-20H,3-6,10,21H2,1-2H3,(H2,30,31,33,36). The van der Waals surface area contributed by atoms with Crippen LogP contribution in [0.4, 0.5) is 11.4 Å². The van der Waals surface area contributed by atoms with Crippen LogP contribution in [0.3, 0.4) is 0 Å². The number of rotatable bonds is 11. The fourth-order valence-electron chi connectivity index (χ4n) is 3.59. The molecule has 3 rings (SSSR count). The number of carbonyl (C=O) groups is 2. The van der Waals surface area contributed by atoms with Crippen LogP contribution >= 0.6 is 12.2 Å². The van der Waals surface area contributed by atoms with Crippen molar-refractivity contribution in [3.63, 3.8) is 0 Å². The Morgan fingerprint density at radius 2 is 1.47 bits per heavy atom. The summed E-state index contributed by atoms with van der Waals surface area (Å²) in [7, 11) is 1.74. The minimum absolute atomic E-state index is 0.118. The number of amides is 2. The maximum absolute atomic E-state index is 12.7. The Bertz CT molecular complexity index is 1130. The highest BCUT2D eigenvalue weighted by Crippen LogP contribution is 2.17. The first-order valence-electron chi connectivity index (χ1n) is 12.3. The summed E-state index contributed by atoms with van der Waals surface area (Å²) in [6, 6.07) is 23.4. The van der Waals surface area contributed by atoms with Crippen LogP contribution < -0.4 is 20.3 Å². The van der Waals surface area contributed by atoms with Gasteiger partial charge in [-0.3, -0.25) is 14.9 Å². The number of anilines is 2. The highest BCUT2D eigenvalue weighted by molar-refractivity contribution is 7.80. The van der Waals surface area contributed by atoms with Gasteiger partial charge in [0.05, 0.1) is 6.61 Å². The van der Waals surface area contributed by atoms with Gasteiger partial charge in [-0.05, 0) is 79.3 Å². The van der Waals surface area contributed by atoms with Gasteiger partial charge in [0.1, 0.15) is 5.75 Å². The second-order valence-electron chi connectivity index (χ2n) is 8.47. The van der Waals surface area contributed by atoms with Gasteiger partial charge in [0.2, 0.25) is 0 Å². The molecule has 7 heteroatoms. The van der Waals surface area contributed by atoms with Crippen molar-refractivity contribution in [1.82, 2.24) is 5.32 Å². The fraction of sp³-hybridized carbons (Fsp3) is 0.276. The summed E-state index contributed by atoms with van der Waals surface area (Å²) < 4.78 is 5.75. The van der Waals surface area contributed by atoms with Crippen LogP contribution in [0.5, 0.6) is 5.75 Å². The second-order valence-corrected chi connectivity index (χ2v) is 8.88. The van der Waals surface area contributed by atoms with E-state index in [2.05, 4.69) is 17.6 Å². The van der Waals surface area contributed by atoms with Crippen molar-refractivity contribution in [3.8, 4) is 5.75 Å². The van der Waals surface area contributed by atoms with E-state index in [1.54, 1.807) is 60.5 Å². The van der Waals surface area contributed by atoms with Crippen molar-refractivity contribution in [3.05, 3.63) is 90.0 Å². The molecule has 0 atom stereocenters. The molecule has 0 bridgehead atoms. The van der Waals surface area contributed by atoms with E-state index in [4.69, 9.17) is 17.0 Å². The molecule has 2 amide bonds.